The second-order valence-electron chi connectivity index (χ2n) is 13.4. The van der Waals surface area contributed by atoms with Gasteiger partial charge in [-0.1, -0.05) is 111 Å². The molecule has 2 aliphatic heterocycles. The van der Waals surface area contributed by atoms with Gasteiger partial charge in [0.25, 0.3) is 0 Å². The Kier molecular flexibility index (Phi) is 5.40. The molecule has 2 aliphatic carbocycles. The molecule has 0 saturated carbocycles. The first-order valence-corrected chi connectivity index (χ1v) is 16.6. The third kappa shape index (κ3) is 3.42. The average molecular weight is 591 g/mol. The van der Waals surface area contributed by atoms with Crippen LogP contribution in [-0.4, -0.2) is 4.57 Å². The Morgan fingerprint density at radius 2 is 1.41 bits per heavy atom. The zero-order valence-corrected chi connectivity index (χ0v) is 26.1. The van der Waals surface area contributed by atoms with Gasteiger partial charge in [-0.2, -0.15) is 0 Å². The van der Waals surface area contributed by atoms with Crippen molar-refractivity contribution in [3.05, 3.63) is 162 Å². The van der Waals surface area contributed by atoms with E-state index in [1.807, 2.05) is 0 Å². The number of benzene rings is 5. The number of hydrogen-bond acceptors (Lipinski definition) is 1. The molecular formula is C44H34N2. The molecule has 0 saturated heterocycles. The molecule has 4 aliphatic rings. The minimum absolute atomic E-state index is 0.300. The Labute approximate surface area is 270 Å². The molecule has 0 spiro atoms. The summed E-state index contributed by atoms with van der Waals surface area (Å²) in [6.07, 6.45) is 10.6. The Bertz CT molecular complexity index is 2330. The topological polar surface area (TPSA) is 8.17 Å². The van der Waals surface area contributed by atoms with Crippen LogP contribution in [0.4, 0.5) is 11.4 Å². The average Bonchev–Trinajstić information content (AvgIpc) is 3.59. The molecule has 2 nitrogen and oxygen atoms in total. The van der Waals surface area contributed by atoms with E-state index in [1.165, 1.54) is 83.9 Å². The standard InChI is InChI=1S/C44H34N2/c1-27-12-10-21-40-42(27)36-19-11-18-34-32-15-6-7-16-33(32)37-26-29(22-24-39(37)46(40)44(34)36)31-23-25-41-43(28(31)2)35-17-8-9-20-38(35)45(41)30-13-4-3-5-14-30/h3-11,13-28,43H,12H2,1-2H3. The lowest BCUT2D eigenvalue weighted by Gasteiger charge is -2.31. The smallest absolute Gasteiger partial charge is 0.0616 e. The number of aromatic nitrogens is 1. The van der Waals surface area contributed by atoms with Crippen molar-refractivity contribution < 1.29 is 0 Å². The molecule has 10 rings (SSSR count). The molecule has 2 heteroatoms. The third-order valence-corrected chi connectivity index (χ3v) is 10.9. The molecule has 0 amide bonds. The van der Waals surface area contributed by atoms with Crippen LogP contribution >= 0.6 is 0 Å². The van der Waals surface area contributed by atoms with Crippen LogP contribution < -0.4 is 4.90 Å². The largest absolute Gasteiger partial charge is 0.313 e. The van der Waals surface area contributed by atoms with Gasteiger partial charge in [0.05, 0.1) is 16.9 Å². The van der Waals surface area contributed by atoms with E-state index in [-0.39, 0.29) is 0 Å². The lowest BCUT2D eigenvalue weighted by Crippen LogP contribution is -2.20. The second-order valence-corrected chi connectivity index (χ2v) is 13.4. The predicted molar refractivity (Wildman–Crippen MR) is 193 cm³/mol. The maximum Gasteiger partial charge on any atom is 0.0616 e. The van der Waals surface area contributed by atoms with Gasteiger partial charge in [0, 0.05) is 39.5 Å². The van der Waals surface area contributed by atoms with Crippen LogP contribution in [-0.2, 0) is 0 Å². The summed E-state index contributed by atoms with van der Waals surface area (Å²) in [5, 5.41) is 1.39. The molecule has 3 unspecified atom stereocenters. The van der Waals surface area contributed by atoms with Crippen molar-refractivity contribution in [2.24, 2.45) is 5.92 Å². The molecule has 3 atom stereocenters. The summed E-state index contributed by atoms with van der Waals surface area (Å²) in [5.74, 6) is 1.12. The van der Waals surface area contributed by atoms with Gasteiger partial charge >= 0.3 is 0 Å². The third-order valence-electron chi connectivity index (χ3n) is 10.9. The van der Waals surface area contributed by atoms with Crippen LogP contribution in [0.15, 0.2) is 139 Å². The number of anilines is 2. The highest BCUT2D eigenvalue weighted by molar-refractivity contribution is 6.07. The Morgan fingerprint density at radius 3 is 2.28 bits per heavy atom. The van der Waals surface area contributed by atoms with Crippen molar-refractivity contribution in [3.8, 4) is 27.9 Å². The monoisotopic (exact) mass is 590 g/mol. The number of rotatable bonds is 2. The maximum absolute atomic E-state index is 2.56. The summed E-state index contributed by atoms with van der Waals surface area (Å²) in [5.41, 5.74) is 18.7. The molecule has 46 heavy (non-hydrogen) atoms. The minimum Gasteiger partial charge on any atom is -0.313 e. The van der Waals surface area contributed by atoms with E-state index in [4.69, 9.17) is 0 Å². The predicted octanol–water partition coefficient (Wildman–Crippen LogP) is 11.7. The van der Waals surface area contributed by atoms with E-state index >= 15 is 0 Å². The number of hydrogen-bond donors (Lipinski definition) is 0. The van der Waals surface area contributed by atoms with Gasteiger partial charge in [-0.05, 0) is 94.1 Å². The lowest BCUT2D eigenvalue weighted by atomic mass is 9.76. The quantitative estimate of drug-likeness (QED) is 0.194. The van der Waals surface area contributed by atoms with Crippen molar-refractivity contribution >= 4 is 33.9 Å². The Balaban J connectivity index is 1.18. The molecule has 220 valence electrons. The Hall–Kier alpha value is -5.34. The van der Waals surface area contributed by atoms with Crippen LogP contribution in [0.25, 0.3) is 50.5 Å². The number of allylic oxidation sites excluding steroid dienone is 5. The first kappa shape index (κ1) is 25.9. The molecule has 6 aromatic rings. The van der Waals surface area contributed by atoms with E-state index in [1.54, 1.807) is 0 Å². The molecule has 0 N–H and O–H groups in total. The van der Waals surface area contributed by atoms with Crippen molar-refractivity contribution in [2.45, 2.75) is 32.1 Å². The van der Waals surface area contributed by atoms with Gasteiger partial charge in [0.1, 0.15) is 0 Å². The summed E-state index contributed by atoms with van der Waals surface area (Å²) in [7, 11) is 0. The van der Waals surface area contributed by atoms with E-state index in [0.29, 0.717) is 17.8 Å². The summed E-state index contributed by atoms with van der Waals surface area (Å²) in [4.78, 5) is 2.46. The number of fused-ring (bicyclic) bond motifs is 11. The molecule has 0 fully saturated rings. The van der Waals surface area contributed by atoms with Gasteiger partial charge in [-0.25, -0.2) is 0 Å². The van der Waals surface area contributed by atoms with Gasteiger partial charge in [0.15, 0.2) is 0 Å². The lowest BCUT2D eigenvalue weighted by molar-refractivity contribution is 0.636. The zero-order valence-electron chi connectivity index (χ0n) is 26.1. The summed E-state index contributed by atoms with van der Waals surface area (Å²) in [6.45, 7) is 4.80. The highest BCUT2D eigenvalue weighted by Gasteiger charge is 2.40. The molecule has 5 aromatic carbocycles. The van der Waals surface area contributed by atoms with Gasteiger partial charge in [-0.3, -0.25) is 0 Å². The van der Waals surface area contributed by atoms with Crippen LogP contribution in [0, 0.1) is 5.92 Å². The molecule has 0 radical (unpaired) electrons. The second kappa shape index (κ2) is 9.58. The van der Waals surface area contributed by atoms with Crippen molar-refractivity contribution in [1.82, 2.24) is 4.57 Å². The normalized spacial score (nSPS) is 20.2. The van der Waals surface area contributed by atoms with Crippen LogP contribution in [0.1, 0.15) is 54.5 Å². The first-order chi connectivity index (χ1) is 22.7. The molecular weight excluding hydrogens is 556 g/mol. The number of nitrogens with zero attached hydrogens (tertiary/aromatic N) is 2. The fourth-order valence-corrected chi connectivity index (χ4v) is 8.94. The van der Waals surface area contributed by atoms with Crippen molar-refractivity contribution in [3.63, 3.8) is 0 Å². The molecule has 1 aromatic heterocycles. The first-order valence-electron chi connectivity index (χ1n) is 16.6. The summed E-state index contributed by atoms with van der Waals surface area (Å²) < 4.78 is 2.56. The maximum atomic E-state index is 2.56. The van der Waals surface area contributed by atoms with Crippen LogP contribution in [0.5, 0.6) is 0 Å². The highest BCUT2D eigenvalue weighted by Crippen LogP contribution is 2.56. The zero-order chi connectivity index (χ0) is 30.5. The van der Waals surface area contributed by atoms with E-state index in [2.05, 4.69) is 163 Å². The van der Waals surface area contributed by atoms with Crippen molar-refractivity contribution in [2.75, 3.05) is 4.90 Å². The molecule has 0 bridgehead atoms. The van der Waals surface area contributed by atoms with Gasteiger partial charge in [-0.15, -0.1) is 0 Å². The van der Waals surface area contributed by atoms with Crippen LogP contribution in [0.3, 0.4) is 0 Å². The van der Waals surface area contributed by atoms with E-state index in [9.17, 15) is 0 Å². The Morgan fingerprint density at radius 1 is 0.652 bits per heavy atom. The van der Waals surface area contributed by atoms with Gasteiger partial charge < -0.3 is 9.47 Å². The fraction of sp³-hybridized carbons (Fsp3) is 0.136. The molecule has 3 heterocycles. The van der Waals surface area contributed by atoms with Crippen molar-refractivity contribution in [1.29, 1.82) is 0 Å². The minimum atomic E-state index is 0.300. The number of para-hydroxylation sites is 3. The van der Waals surface area contributed by atoms with Crippen LogP contribution in [0.2, 0.25) is 0 Å². The summed E-state index contributed by atoms with van der Waals surface area (Å²) in [6, 6.07) is 42.9. The van der Waals surface area contributed by atoms with E-state index < -0.39 is 0 Å². The SMILES string of the molecule is CC1CC=Cc2c1c1cccc3c1n2-c1ccc(C2=CC=C4C(c5ccccc5N4c4ccccc4)C2C)cc1-c1ccccc1-3. The van der Waals surface area contributed by atoms with Gasteiger partial charge in [0.2, 0.25) is 0 Å². The van der Waals surface area contributed by atoms with E-state index in [0.717, 1.165) is 6.42 Å². The highest BCUT2D eigenvalue weighted by atomic mass is 15.2. The fourth-order valence-electron chi connectivity index (χ4n) is 8.94. The summed E-state index contributed by atoms with van der Waals surface area (Å²) >= 11 is 0.